The van der Waals surface area contributed by atoms with Crippen LogP contribution in [0.1, 0.15) is 74.0 Å². The van der Waals surface area contributed by atoms with E-state index in [9.17, 15) is 18.0 Å². The Morgan fingerprint density at radius 3 is 2.33 bits per heavy atom. The molecule has 9 nitrogen and oxygen atoms in total. The molecule has 4 N–H and O–H groups in total. The number of nitrogens with zero attached hydrogens (tertiary/aromatic N) is 2. The van der Waals surface area contributed by atoms with E-state index >= 15 is 0 Å². The van der Waals surface area contributed by atoms with Crippen molar-refractivity contribution in [2.45, 2.75) is 78.3 Å². The van der Waals surface area contributed by atoms with E-state index in [0.717, 1.165) is 36.6 Å². The first-order valence-electron chi connectivity index (χ1n) is 15.0. The number of carbonyl (C=O) groups excluding carboxylic acids is 2. The molecule has 10 heteroatoms. The fourth-order valence-electron chi connectivity index (χ4n) is 5.20. The highest BCUT2D eigenvalue weighted by molar-refractivity contribution is 7.92. The van der Waals surface area contributed by atoms with Gasteiger partial charge in [-0.1, -0.05) is 52.0 Å². The van der Waals surface area contributed by atoms with Crippen molar-refractivity contribution < 1.29 is 18.0 Å². The number of hydrogen-bond donors (Lipinski definition) is 3. The Hall–Kier alpha value is -2.95. The average Bonchev–Trinajstić information content (AvgIpc) is 2.93. The van der Waals surface area contributed by atoms with E-state index in [0.29, 0.717) is 49.5 Å². The maximum Gasteiger partial charge on any atom is 0.268 e. The standard InChI is InChI=1S/C32H49N5O4S/c1-22(2)14-30(31(38)35-20-23(3)4)34-21-29-18-25-13-9-12-24(15-25)10-7-8-11-26-16-27(32(39)37(29)33)19-28(17-26)36(5)42(6,40)41/h9,12-13,15-17,19,22-23,29-30,34H,7-8,10-11,14,18,20-21,33H2,1-6H3,(H,35,38)/t29-,30-/m0/s1. The zero-order valence-electron chi connectivity index (χ0n) is 26.0. The number of nitrogens with two attached hydrogens (primary N) is 1. The van der Waals surface area contributed by atoms with Crippen molar-refractivity contribution in [1.29, 1.82) is 0 Å². The molecular weight excluding hydrogens is 550 g/mol. The predicted molar refractivity (Wildman–Crippen MR) is 170 cm³/mol. The Labute approximate surface area is 252 Å². The van der Waals surface area contributed by atoms with Crippen molar-refractivity contribution in [3.05, 3.63) is 64.7 Å². The Kier molecular flexibility index (Phi) is 12.0. The molecule has 0 saturated heterocycles. The molecule has 0 unspecified atom stereocenters. The summed E-state index contributed by atoms with van der Waals surface area (Å²) in [5.41, 5.74) is 3.94. The highest BCUT2D eigenvalue weighted by atomic mass is 32.2. The van der Waals surface area contributed by atoms with E-state index in [1.807, 2.05) is 24.3 Å². The fraction of sp³-hybridized carbons (Fsp3) is 0.562. The van der Waals surface area contributed by atoms with Crippen LogP contribution in [0.4, 0.5) is 5.69 Å². The van der Waals surface area contributed by atoms with Gasteiger partial charge in [-0.15, -0.1) is 0 Å². The van der Waals surface area contributed by atoms with Crippen molar-refractivity contribution in [3.8, 4) is 0 Å². The third-order valence-corrected chi connectivity index (χ3v) is 8.87. The molecule has 1 aliphatic rings. The molecule has 0 fully saturated rings. The smallest absolute Gasteiger partial charge is 0.268 e. The molecule has 4 bridgehead atoms. The summed E-state index contributed by atoms with van der Waals surface area (Å²) in [4.78, 5) is 27.0. The maximum absolute atomic E-state index is 13.9. The molecule has 2 aromatic rings. The lowest BCUT2D eigenvalue weighted by Gasteiger charge is -2.31. The fourth-order valence-corrected chi connectivity index (χ4v) is 5.69. The van der Waals surface area contributed by atoms with Crippen LogP contribution < -0.4 is 20.8 Å². The van der Waals surface area contributed by atoms with Gasteiger partial charge in [0, 0.05) is 25.7 Å². The van der Waals surface area contributed by atoms with Gasteiger partial charge in [-0.05, 0) is 85.3 Å². The van der Waals surface area contributed by atoms with Gasteiger partial charge in [0.2, 0.25) is 15.9 Å². The van der Waals surface area contributed by atoms with Gasteiger partial charge in [-0.3, -0.25) is 18.9 Å². The minimum Gasteiger partial charge on any atom is -0.354 e. The highest BCUT2D eigenvalue weighted by Crippen LogP contribution is 2.24. The lowest BCUT2D eigenvalue weighted by molar-refractivity contribution is -0.123. The number of hydrazine groups is 1. The van der Waals surface area contributed by atoms with Crippen LogP contribution in [0.2, 0.25) is 0 Å². The second-order valence-electron chi connectivity index (χ2n) is 12.4. The van der Waals surface area contributed by atoms with Crippen molar-refractivity contribution in [2.24, 2.45) is 17.7 Å². The number of aryl methyl sites for hydroxylation is 2. The van der Waals surface area contributed by atoms with E-state index in [1.54, 1.807) is 6.07 Å². The first-order chi connectivity index (χ1) is 19.7. The molecule has 2 aromatic carbocycles. The summed E-state index contributed by atoms with van der Waals surface area (Å²) in [5.74, 6) is 6.77. The van der Waals surface area contributed by atoms with Crippen LogP contribution in [0.25, 0.3) is 0 Å². The maximum atomic E-state index is 13.9. The number of benzene rings is 2. The second-order valence-corrected chi connectivity index (χ2v) is 14.5. The number of sulfonamides is 1. The minimum atomic E-state index is -3.53. The summed E-state index contributed by atoms with van der Waals surface area (Å²) in [6, 6.07) is 12.7. The lowest BCUT2D eigenvalue weighted by atomic mass is 9.96. The number of rotatable bonds is 10. The molecular formula is C32H49N5O4S. The van der Waals surface area contributed by atoms with Crippen molar-refractivity contribution in [3.63, 3.8) is 0 Å². The Bertz CT molecular complexity index is 1330. The molecule has 2 amide bonds. The van der Waals surface area contributed by atoms with Crippen molar-refractivity contribution >= 4 is 27.5 Å². The number of nitrogens with one attached hydrogen (secondary N) is 2. The first kappa shape index (κ1) is 33.6. The first-order valence-corrected chi connectivity index (χ1v) is 16.8. The predicted octanol–water partition coefficient (Wildman–Crippen LogP) is 3.66. The average molecular weight is 600 g/mol. The summed E-state index contributed by atoms with van der Waals surface area (Å²) >= 11 is 0. The van der Waals surface area contributed by atoms with E-state index in [2.05, 4.69) is 50.5 Å². The van der Waals surface area contributed by atoms with Gasteiger partial charge in [0.1, 0.15) is 0 Å². The van der Waals surface area contributed by atoms with Crippen LogP contribution in [0.15, 0.2) is 42.5 Å². The van der Waals surface area contributed by atoms with Crippen molar-refractivity contribution in [2.75, 3.05) is 30.7 Å². The van der Waals surface area contributed by atoms with Crippen LogP contribution in [0, 0.1) is 11.8 Å². The Balaban J connectivity index is 1.97. The van der Waals surface area contributed by atoms with Gasteiger partial charge < -0.3 is 10.6 Å². The van der Waals surface area contributed by atoms with Gasteiger partial charge in [-0.25, -0.2) is 14.3 Å². The molecule has 0 aromatic heterocycles. The minimum absolute atomic E-state index is 0.0589. The zero-order chi connectivity index (χ0) is 31.0. The van der Waals surface area contributed by atoms with Gasteiger partial charge in [0.15, 0.2) is 0 Å². The number of hydrogen-bond acceptors (Lipinski definition) is 6. The molecule has 232 valence electrons. The van der Waals surface area contributed by atoms with Gasteiger partial charge in [0.25, 0.3) is 5.91 Å². The Morgan fingerprint density at radius 1 is 1.02 bits per heavy atom. The lowest BCUT2D eigenvalue weighted by Crippen LogP contribution is -2.55. The molecule has 0 spiro atoms. The van der Waals surface area contributed by atoms with Gasteiger partial charge in [-0.2, -0.15) is 0 Å². The number of fused-ring (bicyclic) bond motifs is 4. The van der Waals surface area contributed by atoms with Crippen LogP contribution in [0.3, 0.4) is 0 Å². The molecule has 3 rings (SSSR count). The molecule has 1 heterocycles. The molecule has 0 aliphatic carbocycles. The van der Waals surface area contributed by atoms with Crippen LogP contribution >= 0.6 is 0 Å². The normalized spacial score (nSPS) is 17.2. The SMILES string of the molecule is CC(C)CNC(=O)[C@H](CC(C)C)NC[C@@H]1Cc2cccc(c2)CCCCc2cc(cc(N(C)S(C)(=O)=O)c2)C(=O)N1N. The molecule has 42 heavy (non-hydrogen) atoms. The Morgan fingerprint density at radius 2 is 1.69 bits per heavy atom. The molecule has 0 saturated carbocycles. The van der Waals surface area contributed by atoms with Crippen LogP contribution in [0.5, 0.6) is 0 Å². The second kappa shape index (κ2) is 15.0. The third kappa shape index (κ3) is 9.81. The van der Waals surface area contributed by atoms with Crippen LogP contribution in [-0.2, 0) is 34.1 Å². The number of anilines is 1. The quantitative estimate of drug-likeness (QED) is 0.283. The van der Waals surface area contributed by atoms with E-state index in [1.165, 1.54) is 21.9 Å². The molecule has 0 radical (unpaired) electrons. The van der Waals surface area contributed by atoms with Crippen LogP contribution in [-0.4, -0.2) is 63.7 Å². The van der Waals surface area contributed by atoms with Crippen molar-refractivity contribution in [1.82, 2.24) is 15.6 Å². The summed E-state index contributed by atoms with van der Waals surface area (Å²) < 4.78 is 25.9. The van der Waals surface area contributed by atoms with E-state index < -0.39 is 28.0 Å². The number of amides is 2. The zero-order valence-corrected chi connectivity index (χ0v) is 26.8. The largest absolute Gasteiger partial charge is 0.354 e. The third-order valence-electron chi connectivity index (χ3n) is 7.67. The summed E-state index contributed by atoms with van der Waals surface area (Å²) in [5, 5.41) is 7.70. The molecule has 2 atom stereocenters. The molecule has 1 aliphatic heterocycles. The van der Waals surface area contributed by atoms with E-state index in [4.69, 9.17) is 5.84 Å². The number of carbonyl (C=O) groups is 2. The van der Waals surface area contributed by atoms with Gasteiger partial charge in [0.05, 0.1) is 24.0 Å². The summed E-state index contributed by atoms with van der Waals surface area (Å²) in [6.45, 7) is 9.17. The van der Waals surface area contributed by atoms with Gasteiger partial charge >= 0.3 is 0 Å². The van der Waals surface area contributed by atoms with E-state index in [-0.39, 0.29) is 11.8 Å². The summed E-state index contributed by atoms with van der Waals surface area (Å²) in [7, 11) is -2.04. The monoisotopic (exact) mass is 599 g/mol. The topological polar surface area (TPSA) is 125 Å². The highest BCUT2D eigenvalue weighted by Gasteiger charge is 2.27. The summed E-state index contributed by atoms with van der Waals surface area (Å²) in [6.07, 6.45) is 5.79.